The Morgan fingerprint density at radius 2 is 1.75 bits per heavy atom. The number of nitrogens with two attached hydrogens (primary N) is 1. The van der Waals surface area contributed by atoms with Crippen molar-refractivity contribution in [3.05, 3.63) is 47.9 Å². The average molecular weight is 869 g/mol. The Labute approximate surface area is 367 Å². The van der Waals surface area contributed by atoms with Gasteiger partial charge in [0.1, 0.15) is 23.1 Å². The van der Waals surface area contributed by atoms with E-state index in [4.69, 9.17) is 15.4 Å². The fraction of sp³-hybridized carbons (Fsp3) is 0.578. The Morgan fingerprint density at radius 3 is 2.43 bits per heavy atom. The number of amides is 4. The molecular weight excluding hydrogens is 808 g/mol. The van der Waals surface area contributed by atoms with Gasteiger partial charge in [0.2, 0.25) is 17.8 Å². The van der Waals surface area contributed by atoms with E-state index in [0.717, 1.165) is 76.0 Å². The first-order chi connectivity index (χ1) is 30.5. The molecule has 4 amide bonds. The van der Waals surface area contributed by atoms with Crippen LogP contribution < -0.4 is 26.3 Å². The fourth-order valence-electron chi connectivity index (χ4n) is 9.98. The maximum Gasteiger partial charge on any atom is 0.319 e. The Morgan fingerprint density at radius 1 is 0.952 bits per heavy atom. The van der Waals surface area contributed by atoms with Crippen LogP contribution in [0.5, 0.6) is 0 Å². The van der Waals surface area contributed by atoms with Gasteiger partial charge in [-0.2, -0.15) is 4.99 Å². The third kappa shape index (κ3) is 9.90. The fourth-order valence-corrected chi connectivity index (χ4v) is 9.98. The number of nitrogens with one attached hydrogen (secondary N) is 2. The molecule has 338 valence electrons. The number of rotatable bonds is 11. The monoisotopic (exact) mass is 868 g/mol. The predicted octanol–water partition coefficient (Wildman–Crippen LogP) is 4.26. The number of hydrogen-bond acceptors (Lipinski definition) is 11. The Hall–Kier alpha value is -5.78. The first kappa shape index (κ1) is 43.9. The van der Waals surface area contributed by atoms with Crippen molar-refractivity contribution in [3.63, 3.8) is 0 Å². The van der Waals surface area contributed by atoms with Crippen LogP contribution in [0, 0.1) is 23.6 Å². The van der Waals surface area contributed by atoms with E-state index in [2.05, 4.69) is 41.7 Å². The second-order valence-electron chi connectivity index (χ2n) is 17.9. The molecule has 8 rings (SSSR count). The zero-order chi connectivity index (χ0) is 44.2. The van der Waals surface area contributed by atoms with Gasteiger partial charge in [0.05, 0.1) is 17.5 Å². The van der Waals surface area contributed by atoms with Crippen LogP contribution in [0.15, 0.2) is 51.0 Å². The molecule has 5 aliphatic rings. The van der Waals surface area contributed by atoms with Crippen LogP contribution in [0.3, 0.4) is 0 Å². The number of amidine groups is 1. The molecule has 0 aliphatic carbocycles. The molecule has 4 N–H and O–H groups in total. The summed E-state index contributed by atoms with van der Waals surface area (Å²) in [6.07, 6.45) is 5.20. The SMILES string of the molecule is CCC(C(C)=O)/C(=N\C(=N/N)N1CCC[C@@H](CN2CCN(C)C2=O)C1)Nc1ccc(N2CCN(CC3CCN(c4ccc5c(C6CCC(=O)NC6=O)noc5c4)CC3)CC2)c(F)c1. The van der Waals surface area contributed by atoms with Gasteiger partial charge in [0.15, 0.2) is 5.58 Å². The second kappa shape index (κ2) is 19.3. The third-order valence-corrected chi connectivity index (χ3v) is 13.6. The number of ketones is 1. The Kier molecular flexibility index (Phi) is 13.4. The number of carbonyl (C=O) groups excluding carboxylic acids is 4. The molecule has 18 heteroatoms. The smallest absolute Gasteiger partial charge is 0.319 e. The lowest BCUT2D eigenvalue weighted by Gasteiger charge is -2.40. The number of benzene rings is 2. The van der Waals surface area contributed by atoms with E-state index in [1.807, 2.05) is 42.0 Å². The molecule has 17 nitrogen and oxygen atoms in total. The summed E-state index contributed by atoms with van der Waals surface area (Å²) in [5, 5.41) is 14.8. The molecule has 0 saturated carbocycles. The number of guanidine groups is 1. The van der Waals surface area contributed by atoms with Gasteiger partial charge < -0.3 is 40.2 Å². The number of Topliss-reactive ketones (excluding diaryl/α,β-unsaturated/α-hetero) is 1. The number of anilines is 3. The molecule has 1 aromatic heterocycles. The van der Waals surface area contributed by atoms with Crippen molar-refractivity contribution in [2.45, 2.75) is 64.7 Å². The normalized spacial score (nSPS) is 22.9. The zero-order valence-electron chi connectivity index (χ0n) is 36.7. The minimum absolute atomic E-state index is 0.0492. The lowest BCUT2D eigenvalue weighted by molar-refractivity contribution is -0.134. The topological polar surface area (TPSA) is 189 Å². The molecule has 0 spiro atoms. The minimum atomic E-state index is -0.561. The summed E-state index contributed by atoms with van der Waals surface area (Å²) in [4.78, 5) is 66.9. The number of hydrogen-bond donors (Lipinski definition) is 3. The molecular formula is C45H61FN12O5. The van der Waals surface area contributed by atoms with Crippen molar-refractivity contribution in [1.82, 2.24) is 30.1 Å². The van der Waals surface area contributed by atoms with E-state index in [9.17, 15) is 19.2 Å². The van der Waals surface area contributed by atoms with E-state index in [1.165, 1.54) is 13.0 Å². The van der Waals surface area contributed by atoms with E-state index in [0.29, 0.717) is 98.9 Å². The Bertz CT molecular complexity index is 2230. The molecule has 0 radical (unpaired) electrons. The van der Waals surface area contributed by atoms with Gasteiger partial charge in [-0.3, -0.25) is 24.6 Å². The summed E-state index contributed by atoms with van der Waals surface area (Å²) >= 11 is 0. The summed E-state index contributed by atoms with van der Waals surface area (Å²) in [5.74, 6) is 5.36. The summed E-state index contributed by atoms with van der Waals surface area (Å²) in [6, 6.07) is 11.2. The number of likely N-dealkylation sites (tertiary alicyclic amines) is 1. The number of halogens is 1. The van der Waals surface area contributed by atoms with Crippen molar-refractivity contribution in [2.75, 3.05) is 101 Å². The number of aromatic nitrogens is 1. The van der Waals surface area contributed by atoms with Crippen LogP contribution >= 0.6 is 0 Å². The van der Waals surface area contributed by atoms with Crippen molar-refractivity contribution < 1.29 is 28.1 Å². The van der Waals surface area contributed by atoms with E-state index in [1.54, 1.807) is 11.0 Å². The molecule has 5 aliphatic heterocycles. The molecule has 6 heterocycles. The first-order valence-electron chi connectivity index (χ1n) is 22.6. The summed E-state index contributed by atoms with van der Waals surface area (Å²) in [6.45, 7) is 12.8. The van der Waals surface area contributed by atoms with Crippen LogP contribution in [0.4, 0.5) is 26.2 Å². The highest BCUT2D eigenvalue weighted by atomic mass is 19.1. The number of aliphatic imine (C=N–C) groups is 1. The van der Waals surface area contributed by atoms with Gasteiger partial charge in [0, 0.05) is 115 Å². The molecule has 5 saturated heterocycles. The van der Waals surface area contributed by atoms with E-state index >= 15 is 4.39 Å². The summed E-state index contributed by atoms with van der Waals surface area (Å²) in [7, 11) is 1.82. The van der Waals surface area contributed by atoms with Crippen LogP contribution in [-0.2, 0) is 14.4 Å². The number of piperazine rings is 1. The van der Waals surface area contributed by atoms with Gasteiger partial charge in [0.25, 0.3) is 0 Å². The lowest BCUT2D eigenvalue weighted by atomic mass is 9.92. The highest BCUT2D eigenvalue weighted by Crippen LogP contribution is 2.34. The van der Waals surface area contributed by atoms with Gasteiger partial charge in [-0.15, -0.1) is 5.10 Å². The second-order valence-corrected chi connectivity index (χ2v) is 17.9. The van der Waals surface area contributed by atoms with Crippen molar-refractivity contribution >= 4 is 63.5 Å². The quantitative estimate of drug-likeness (QED) is 0.0819. The van der Waals surface area contributed by atoms with Gasteiger partial charge in [-0.25, -0.2) is 9.18 Å². The number of likely N-dealkylation sites (N-methyl/N-ethyl adjacent to an activating group) is 1. The number of carbonyl (C=O) groups is 4. The number of fused-ring (bicyclic) bond motifs is 1. The Balaban J connectivity index is 0.833. The minimum Gasteiger partial charge on any atom is -0.371 e. The maximum absolute atomic E-state index is 15.9. The van der Waals surface area contributed by atoms with Crippen LogP contribution in [0.25, 0.3) is 11.0 Å². The average Bonchev–Trinajstić information content (AvgIpc) is 3.84. The highest BCUT2D eigenvalue weighted by Gasteiger charge is 2.34. The largest absolute Gasteiger partial charge is 0.371 e. The lowest BCUT2D eigenvalue weighted by Crippen LogP contribution is -2.49. The van der Waals surface area contributed by atoms with E-state index in [-0.39, 0.29) is 35.4 Å². The van der Waals surface area contributed by atoms with Crippen LogP contribution in [-0.4, -0.2) is 146 Å². The van der Waals surface area contributed by atoms with E-state index < -0.39 is 11.8 Å². The van der Waals surface area contributed by atoms with Crippen LogP contribution in [0.1, 0.15) is 70.4 Å². The zero-order valence-corrected chi connectivity index (χ0v) is 36.7. The highest BCUT2D eigenvalue weighted by molar-refractivity contribution is 6.13. The number of nitrogens with zero attached hydrogens (tertiary/aromatic N) is 9. The number of piperidine rings is 3. The third-order valence-electron chi connectivity index (χ3n) is 13.6. The molecule has 2 aromatic carbocycles. The van der Waals surface area contributed by atoms with Crippen molar-refractivity contribution in [2.24, 2.45) is 33.7 Å². The number of imide groups is 1. The molecule has 3 atom stereocenters. The molecule has 2 unspecified atom stereocenters. The van der Waals surface area contributed by atoms with Gasteiger partial charge >= 0.3 is 6.03 Å². The summed E-state index contributed by atoms with van der Waals surface area (Å²) in [5.41, 5.74) is 3.33. The van der Waals surface area contributed by atoms with Gasteiger partial charge in [-0.05, 0) is 87.6 Å². The van der Waals surface area contributed by atoms with Crippen molar-refractivity contribution in [3.8, 4) is 0 Å². The predicted molar refractivity (Wildman–Crippen MR) is 240 cm³/mol. The number of hydrazone groups is 1. The molecule has 5 fully saturated rings. The molecule has 0 bridgehead atoms. The summed E-state index contributed by atoms with van der Waals surface area (Å²) < 4.78 is 21.6. The van der Waals surface area contributed by atoms with Crippen molar-refractivity contribution in [1.29, 1.82) is 0 Å². The first-order valence-corrected chi connectivity index (χ1v) is 22.6. The maximum atomic E-state index is 15.9. The number of urea groups is 1. The molecule has 3 aromatic rings. The van der Waals surface area contributed by atoms with Crippen LogP contribution in [0.2, 0.25) is 0 Å². The standard InChI is InChI=1S/C45H61FN12O5/c1-4-34(29(2)59)42(50-44(51-47)57-15-5-6-31(27-57)28-58-21-18-53(3)45(58)62)48-32-7-11-38(37(46)24-32)56-22-19-54(20-23-56)26-30-13-16-55(17-14-30)33-8-9-35-39(25-33)63-52-41(35)36-10-12-40(60)49-43(36)61/h7-9,11,24-25,30-31,34,36H,4-6,10,12-23,26-28,47H2,1-3H3,(H,48,50,51)(H,49,60,61)/t31-,34?,36?/m1/s1. The molecule has 63 heavy (non-hydrogen) atoms. The van der Waals surface area contributed by atoms with Gasteiger partial charge in [-0.1, -0.05) is 12.1 Å².